The summed E-state index contributed by atoms with van der Waals surface area (Å²) in [4.78, 5) is 14.3. The molecule has 0 saturated heterocycles. The molecule has 0 atom stereocenters. The van der Waals surface area contributed by atoms with Crippen LogP contribution in [0.4, 0.5) is 5.69 Å². The van der Waals surface area contributed by atoms with E-state index in [4.69, 9.17) is 4.74 Å². The number of carbonyl (C=O) groups is 1. The van der Waals surface area contributed by atoms with Gasteiger partial charge in [-0.2, -0.15) is 0 Å². The third-order valence-corrected chi connectivity index (χ3v) is 3.62. The Hall–Kier alpha value is -2.29. The van der Waals surface area contributed by atoms with Crippen molar-refractivity contribution in [3.63, 3.8) is 0 Å². The Morgan fingerprint density at radius 3 is 2.48 bits per heavy atom. The summed E-state index contributed by atoms with van der Waals surface area (Å²) in [6.07, 6.45) is 0.486. The number of benzene rings is 2. The van der Waals surface area contributed by atoms with Gasteiger partial charge < -0.3 is 9.64 Å². The largest absolute Gasteiger partial charge is 0.495 e. The Kier molecular flexibility index (Phi) is 4.99. The van der Waals surface area contributed by atoms with Gasteiger partial charge in [0, 0.05) is 25.6 Å². The SMILES string of the molecule is COc1ccccc1N(C)CCC(=O)c1ccccc1C. The molecular weight excluding hydrogens is 262 g/mol. The van der Waals surface area contributed by atoms with Crippen LogP contribution in [0.2, 0.25) is 0 Å². The number of nitrogens with zero attached hydrogens (tertiary/aromatic N) is 1. The highest BCUT2D eigenvalue weighted by Gasteiger charge is 2.12. The first kappa shape index (κ1) is 15.1. The lowest BCUT2D eigenvalue weighted by molar-refractivity contribution is 0.0984. The summed E-state index contributed by atoms with van der Waals surface area (Å²) < 4.78 is 5.35. The highest BCUT2D eigenvalue weighted by Crippen LogP contribution is 2.26. The molecule has 21 heavy (non-hydrogen) atoms. The van der Waals surface area contributed by atoms with Crippen LogP contribution in [0.25, 0.3) is 0 Å². The number of methoxy groups -OCH3 is 1. The molecule has 0 aliphatic heterocycles. The maximum Gasteiger partial charge on any atom is 0.164 e. The maximum atomic E-state index is 12.3. The van der Waals surface area contributed by atoms with Gasteiger partial charge in [-0.15, -0.1) is 0 Å². The van der Waals surface area contributed by atoms with Crippen LogP contribution < -0.4 is 9.64 Å². The van der Waals surface area contributed by atoms with Crippen LogP contribution in [-0.2, 0) is 0 Å². The number of hydrogen-bond acceptors (Lipinski definition) is 3. The van der Waals surface area contributed by atoms with Crippen molar-refractivity contribution < 1.29 is 9.53 Å². The van der Waals surface area contributed by atoms with Crippen LogP contribution in [-0.4, -0.2) is 26.5 Å². The minimum Gasteiger partial charge on any atom is -0.495 e. The molecule has 0 unspecified atom stereocenters. The van der Waals surface area contributed by atoms with Crippen LogP contribution in [0.15, 0.2) is 48.5 Å². The number of aryl methyl sites for hydroxylation is 1. The van der Waals surface area contributed by atoms with Gasteiger partial charge in [0.1, 0.15) is 5.75 Å². The first-order valence-corrected chi connectivity index (χ1v) is 7.06. The Labute approximate surface area is 126 Å². The lowest BCUT2D eigenvalue weighted by atomic mass is 10.0. The van der Waals surface area contributed by atoms with E-state index in [1.165, 1.54) is 0 Å². The van der Waals surface area contributed by atoms with Gasteiger partial charge in [0.05, 0.1) is 12.8 Å². The summed E-state index contributed by atoms with van der Waals surface area (Å²) in [5.41, 5.74) is 2.84. The average Bonchev–Trinajstić information content (AvgIpc) is 2.52. The lowest BCUT2D eigenvalue weighted by Gasteiger charge is -2.21. The molecule has 0 fully saturated rings. The summed E-state index contributed by atoms with van der Waals surface area (Å²) in [6.45, 7) is 2.63. The number of para-hydroxylation sites is 2. The zero-order chi connectivity index (χ0) is 15.2. The van der Waals surface area contributed by atoms with Crippen molar-refractivity contribution in [2.45, 2.75) is 13.3 Å². The molecule has 2 aromatic rings. The third-order valence-electron chi connectivity index (χ3n) is 3.62. The average molecular weight is 283 g/mol. The fourth-order valence-corrected chi connectivity index (χ4v) is 2.36. The van der Waals surface area contributed by atoms with Crippen molar-refractivity contribution >= 4 is 11.5 Å². The normalized spacial score (nSPS) is 10.2. The van der Waals surface area contributed by atoms with Gasteiger partial charge in [-0.3, -0.25) is 4.79 Å². The zero-order valence-corrected chi connectivity index (χ0v) is 12.8. The van der Waals surface area contributed by atoms with Gasteiger partial charge in [-0.05, 0) is 24.6 Å². The Morgan fingerprint density at radius 1 is 1.10 bits per heavy atom. The van der Waals surface area contributed by atoms with E-state index in [-0.39, 0.29) is 5.78 Å². The molecule has 3 heteroatoms. The molecule has 0 aliphatic rings. The van der Waals surface area contributed by atoms with Crippen molar-refractivity contribution in [2.24, 2.45) is 0 Å². The van der Waals surface area contributed by atoms with Crippen molar-refractivity contribution in [1.29, 1.82) is 0 Å². The highest BCUT2D eigenvalue weighted by molar-refractivity contribution is 5.97. The van der Waals surface area contributed by atoms with Gasteiger partial charge >= 0.3 is 0 Å². The summed E-state index contributed by atoms with van der Waals surface area (Å²) >= 11 is 0. The molecule has 0 radical (unpaired) electrons. The molecule has 0 bridgehead atoms. The number of ether oxygens (including phenoxy) is 1. The number of rotatable bonds is 6. The van der Waals surface area contributed by atoms with Crippen LogP contribution >= 0.6 is 0 Å². The van der Waals surface area contributed by atoms with E-state index in [0.29, 0.717) is 13.0 Å². The molecular formula is C18H21NO2. The van der Waals surface area contributed by atoms with E-state index in [1.807, 2.05) is 62.5 Å². The van der Waals surface area contributed by atoms with Gasteiger partial charge in [-0.25, -0.2) is 0 Å². The predicted molar refractivity (Wildman–Crippen MR) is 86.4 cm³/mol. The topological polar surface area (TPSA) is 29.5 Å². The smallest absolute Gasteiger partial charge is 0.164 e. The maximum absolute atomic E-state index is 12.3. The molecule has 0 amide bonds. The number of Topliss-reactive ketones (excluding diaryl/α,β-unsaturated/α-hetero) is 1. The fraction of sp³-hybridized carbons (Fsp3) is 0.278. The first-order valence-electron chi connectivity index (χ1n) is 7.06. The second-order valence-corrected chi connectivity index (χ2v) is 5.08. The molecule has 0 saturated carbocycles. The molecule has 0 aliphatic carbocycles. The second-order valence-electron chi connectivity index (χ2n) is 5.08. The second kappa shape index (κ2) is 6.93. The standard InChI is InChI=1S/C18H21NO2/c1-14-8-4-5-9-15(14)17(20)12-13-19(2)16-10-6-7-11-18(16)21-3/h4-11H,12-13H2,1-3H3. The van der Waals surface area contributed by atoms with E-state index in [1.54, 1.807) is 7.11 Å². The molecule has 0 heterocycles. The molecule has 2 rings (SSSR count). The number of ketones is 1. The molecule has 0 aromatic heterocycles. The minimum atomic E-state index is 0.176. The monoisotopic (exact) mass is 283 g/mol. The van der Waals surface area contributed by atoms with Crippen LogP contribution in [0.1, 0.15) is 22.3 Å². The van der Waals surface area contributed by atoms with Gasteiger partial charge in [0.2, 0.25) is 0 Å². The van der Waals surface area contributed by atoms with Crippen LogP contribution in [0.3, 0.4) is 0 Å². The summed E-state index contributed by atoms with van der Waals surface area (Å²) in [5.74, 6) is 0.998. The van der Waals surface area contributed by atoms with Gasteiger partial charge in [0.15, 0.2) is 5.78 Å². The lowest BCUT2D eigenvalue weighted by Crippen LogP contribution is -2.22. The van der Waals surface area contributed by atoms with Crippen molar-refractivity contribution in [2.75, 3.05) is 25.6 Å². The molecule has 0 N–H and O–H groups in total. The van der Waals surface area contributed by atoms with Crippen molar-refractivity contribution in [1.82, 2.24) is 0 Å². The Balaban J connectivity index is 2.03. The number of anilines is 1. The molecule has 2 aromatic carbocycles. The van der Waals surface area contributed by atoms with E-state index < -0.39 is 0 Å². The Morgan fingerprint density at radius 2 is 1.76 bits per heavy atom. The van der Waals surface area contributed by atoms with E-state index in [0.717, 1.165) is 22.6 Å². The first-order chi connectivity index (χ1) is 10.1. The molecule has 110 valence electrons. The number of carbonyl (C=O) groups excluding carboxylic acids is 1. The van der Waals surface area contributed by atoms with E-state index in [2.05, 4.69) is 4.90 Å². The van der Waals surface area contributed by atoms with E-state index >= 15 is 0 Å². The number of hydrogen-bond donors (Lipinski definition) is 0. The van der Waals surface area contributed by atoms with Crippen LogP contribution in [0, 0.1) is 6.92 Å². The summed E-state index contributed by atoms with van der Waals surface area (Å²) in [7, 11) is 3.63. The van der Waals surface area contributed by atoms with E-state index in [9.17, 15) is 4.79 Å². The quantitative estimate of drug-likeness (QED) is 0.757. The highest BCUT2D eigenvalue weighted by atomic mass is 16.5. The fourth-order valence-electron chi connectivity index (χ4n) is 2.36. The predicted octanol–water partition coefficient (Wildman–Crippen LogP) is 3.71. The van der Waals surface area contributed by atoms with Crippen LogP contribution in [0.5, 0.6) is 5.75 Å². The molecule has 3 nitrogen and oxygen atoms in total. The summed E-state index contributed by atoms with van der Waals surface area (Å²) in [5, 5.41) is 0. The van der Waals surface area contributed by atoms with Crippen molar-refractivity contribution in [3.05, 3.63) is 59.7 Å². The third kappa shape index (κ3) is 3.63. The van der Waals surface area contributed by atoms with Gasteiger partial charge in [0.25, 0.3) is 0 Å². The van der Waals surface area contributed by atoms with Gasteiger partial charge in [-0.1, -0.05) is 36.4 Å². The zero-order valence-electron chi connectivity index (χ0n) is 12.8. The summed E-state index contributed by atoms with van der Waals surface area (Å²) in [6, 6.07) is 15.5. The Bertz CT molecular complexity index is 622. The molecule has 0 spiro atoms. The van der Waals surface area contributed by atoms with Crippen molar-refractivity contribution in [3.8, 4) is 5.75 Å². The minimum absolute atomic E-state index is 0.176.